The molecule has 0 aliphatic heterocycles. The van der Waals surface area contributed by atoms with E-state index in [1.54, 1.807) is 10.6 Å². The fraction of sp³-hybridized carbons (Fsp3) is 0.143. The highest BCUT2D eigenvalue weighted by Gasteiger charge is 2.18. The Balaban J connectivity index is 1.78. The first-order valence-corrected chi connectivity index (χ1v) is 9.20. The summed E-state index contributed by atoms with van der Waals surface area (Å²) in [5.41, 5.74) is 3.47. The van der Waals surface area contributed by atoms with E-state index < -0.39 is 17.5 Å². The van der Waals surface area contributed by atoms with Gasteiger partial charge in [0.2, 0.25) is 0 Å². The first-order chi connectivity index (χ1) is 13.9. The van der Waals surface area contributed by atoms with Gasteiger partial charge in [0.25, 0.3) is 0 Å². The van der Waals surface area contributed by atoms with Gasteiger partial charge < -0.3 is 5.32 Å². The number of hydrogen-bond donors (Lipinski definition) is 1. The number of benzene rings is 2. The molecular formula is C21H16ClF3N4. The summed E-state index contributed by atoms with van der Waals surface area (Å²) in [6, 6.07) is 7.92. The van der Waals surface area contributed by atoms with E-state index in [1.165, 1.54) is 24.5 Å². The summed E-state index contributed by atoms with van der Waals surface area (Å²) < 4.78 is 42.2. The van der Waals surface area contributed by atoms with Crippen molar-refractivity contribution >= 4 is 28.5 Å². The second-order valence-electron chi connectivity index (χ2n) is 6.65. The maximum absolute atomic E-state index is 13.8. The van der Waals surface area contributed by atoms with Crippen molar-refractivity contribution in [2.75, 3.05) is 5.32 Å². The van der Waals surface area contributed by atoms with E-state index in [2.05, 4.69) is 15.3 Å². The molecule has 0 saturated heterocycles. The number of nitrogens with one attached hydrogen (secondary N) is 1. The van der Waals surface area contributed by atoms with Gasteiger partial charge in [-0.25, -0.2) is 23.1 Å². The summed E-state index contributed by atoms with van der Waals surface area (Å²) in [6.45, 7) is 4.12. The summed E-state index contributed by atoms with van der Waals surface area (Å²) in [5, 5.41) is 4.28. The molecule has 8 heteroatoms. The van der Waals surface area contributed by atoms with Crippen molar-refractivity contribution < 1.29 is 13.2 Å². The van der Waals surface area contributed by atoms with Crippen molar-refractivity contribution in [3.05, 3.63) is 82.0 Å². The van der Waals surface area contributed by atoms with Crippen LogP contribution in [0.1, 0.15) is 16.8 Å². The Morgan fingerprint density at radius 2 is 1.79 bits per heavy atom. The van der Waals surface area contributed by atoms with Gasteiger partial charge in [0, 0.05) is 23.3 Å². The number of fused-ring (bicyclic) bond motifs is 1. The highest BCUT2D eigenvalue weighted by molar-refractivity contribution is 6.31. The van der Waals surface area contributed by atoms with Crippen molar-refractivity contribution in [3.63, 3.8) is 0 Å². The predicted molar refractivity (Wildman–Crippen MR) is 107 cm³/mol. The van der Waals surface area contributed by atoms with Crippen molar-refractivity contribution in [2.24, 2.45) is 0 Å². The zero-order valence-corrected chi connectivity index (χ0v) is 16.4. The monoisotopic (exact) mass is 416 g/mol. The molecule has 0 bridgehead atoms. The molecule has 2 aromatic heterocycles. The molecule has 0 aliphatic rings. The first kappa shape index (κ1) is 19.3. The molecule has 0 atom stereocenters. The number of nitrogens with zero attached hydrogens (tertiary/aromatic N) is 3. The van der Waals surface area contributed by atoms with Crippen LogP contribution in [0.15, 0.2) is 42.7 Å². The van der Waals surface area contributed by atoms with E-state index in [0.29, 0.717) is 34.3 Å². The Kier molecular flexibility index (Phi) is 4.92. The molecule has 0 fully saturated rings. The van der Waals surface area contributed by atoms with Gasteiger partial charge in [-0.3, -0.25) is 4.57 Å². The van der Waals surface area contributed by atoms with E-state index >= 15 is 0 Å². The van der Waals surface area contributed by atoms with Crippen molar-refractivity contribution in [1.82, 2.24) is 14.5 Å². The molecule has 1 N–H and O–H groups in total. The lowest BCUT2D eigenvalue weighted by Gasteiger charge is -2.10. The minimum atomic E-state index is -0.931. The van der Waals surface area contributed by atoms with E-state index in [4.69, 9.17) is 11.6 Å². The van der Waals surface area contributed by atoms with Gasteiger partial charge in [0.15, 0.2) is 17.3 Å². The third-order valence-electron chi connectivity index (χ3n) is 4.91. The SMILES string of the molecule is Cc1c(C)n(-c2ccc(F)c(F)c2)c2ncnc(NCc3ccc(F)cc3Cl)c12. The van der Waals surface area contributed by atoms with Gasteiger partial charge in [-0.05, 0) is 49.2 Å². The van der Waals surface area contributed by atoms with Crippen molar-refractivity contribution in [2.45, 2.75) is 20.4 Å². The highest BCUT2D eigenvalue weighted by atomic mass is 35.5. The molecule has 0 saturated carbocycles. The van der Waals surface area contributed by atoms with Crippen LogP contribution in [0.5, 0.6) is 0 Å². The largest absolute Gasteiger partial charge is 0.365 e. The molecule has 2 aromatic carbocycles. The van der Waals surface area contributed by atoms with Gasteiger partial charge in [-0.1, -0.05) is 17.7 Å². The zero-order chi connectivity index (χ0) is 20.7. The molecule has 4 rings (SSSR count). The molecule has 2 heterocycles. The quantitative estimate of drug-likeness (QED) is 0.462. The Hall–Kier alpha value is -3.06. The minimum Gasteiger partial charge on any atom is -0.365 e. The van der Waals surface area contributed by atoms with Crippen LogP contribution in [-0.4, -0.2) is 14.5 Å². The Morgan fingerprint density at radius 3 is 2.52 bits per heavy atom. The number of aromatic nitrogens is 3. The smallest absolute Gasteiger partial charge is 0.160 e. The molecule has 0 unspecified atom stereocenters. The fourth-order valence-corrected chi connectivity index (χ4v) is 3.55. The number of halogens is 4. The second kappa shape index (κ2) is 7.40. The average Bonchev–Trinajstić information content (AvgIpc) is 2.95. The van der Waals surface area contributed by atoms with E-state index in [0.717, 1.165) is 28.8 Å². The predicted octanol–water partition coefficient (Wildman–Crippen LogP) is 5.72. The maximum atomic E-state index is 13.8. The van der Waals surface area contributed by atoms with Gasteiger partial charge in [0.1, 0.15) is 18.0 Å². The van der Waals surface area contributed by atoms with Crippen LogP contribution >= 0.6 is 11.6 Å². The Labute approximate surface area is 170 Å². The third kappa shape index (κ3) is 3.42. The number of rotatable bonds is 4. The molecule has 29 heavy (non-hydrogen) atoms. The third-order valence-corrected chi connectivity index (χ3v) is 5.27. The first-order valence-electron chi connectivity index (χ1n) is 8.82. The summed E-state index contributed by atoms with van der Waals surface area (Å²) in [4.78, 5) is 8.68. The highest BCUT2D eigenvalue weighted by Crippen LogP contribution is 2.32. The topological polar surface area (TPSA) is 42.7 Å². The number of aryl methyl sites for hydroxylation is 1. The van der Waals surface area contributed by atoms with Gasteiger partial charge >= 0.3 is 0 Å². The van der Waals surface area contributed by atoms with Crippen LogP contribution < -0.4 is 5.32 Å². The van der Waals surface area contributed by atoms with Gasteiger partial charge in [0.05, 0.1) is 11.1 Å². The molecule has 0 aliphatic carbocycles. The lowest BCUT2D eigenvalue weighted by molar-refractivity contribution is 0.508. The molecular weight excluding hydrogens is 401 g/mol. The van der Waals surface area contributed by atoms with E-state index in [1.807, 2.05) is 13.8 Å². The summed E-state index contributed by atoms with van der Waals surface area (Å²) >= 11 is 6.10. The number of anilines is 1. The molecule has 4 nitrogen and oxygen atoms in total. The molecule has 4 aromatic rings. The van der Waals surface area contributed by atoms with Crippen LogP contribution in [0.3, 0.4) is 0 Å². The van der Waals surface area contributed by atoms with Crippen LogP contribution in [0.2, 0.25) is 5.02 Å². The van der Waals surface area contributed by atoms with Crippen LogP contribution in [-0.2, 0) is 6.54 Å². The van der Waals surface area contributed by atoms with Crippen LogP contribution in [0, 0.1) is 31.3 Å². The fourth-order valence-electron chi connectivity index (χ4n) is 3.32. The lowest BCUT2D eigenvalue weighted by atomic mass is 10.2. The zero-order valence-electron chi connectivity index (χ0n) is 15.6. The van der Waals surface area contributed by atoms with E-state index in [9.17, 15) is 13.2 Å². The molecule has 0 spiro atoms. The maximum Gasteiger partial charge on any atom is 0.160 e. The van der Waals surface area contributed by atoms with E-state index in [-0.39, 0.29) is 0 Å². The summed E-state index contributed by atoms with van der Waals surface area (Å²) in [5.74, 6) is -1.68. The summed E-state index contributed by atoms with van der Waals surface area (Å²) in [6.07, 6.45) is 1.40. The molecule has 0 radical (unpaired) electrons. The molecule has 0 amide bonds. The average molecular weight is 417 g/mol. The van der Waals surface area contributed by atoms with Crippen molar-refractivity contribution in [3.8, 4) is 5.69 Å². The Bertz CT molecular complexity index is 1240. The Morgan fingerprint density at radius 1 is 1.00 bits per heavy atom. The molecule has 148 valence electrons. The standard InChI is InChI=1S/C21H16ClF3N4/c1-11-12(2)29(15-5-6-17(24)18(25)8-15)21-19(11)20(27-10-28-21)26-9-13-3-4-14(23)7-16(13)22/h3-8,10H,9H2,1-2H3,(H,26,27,28). The normalized spacial score (nSPS) is 11.2. The number of hydrogen-bond acceptors (Lipinski definition) is 3. The van der Waals surface area contributed by atoms with Crippen LogP contribution in [0.25, 0.3) is 16.7 Å². The minimum absolute atomic E-state index is 0.315. The lowest BCUT2D eigenvalue weighted by Crippen LogP contribution is -2.04. The van der Waals surface area contributed by atoms with Gasteiger partial charge in [-0.15, -0.1) is 0 Å². The second-order valence-corrected chi connectivity index (χ2v) is 7.06. The summed E-state index contributed by atoms with van der Waals surface area (Å²) in [7, 11) is 0. The van der Waals surface area contributed by atoms with Crippen LogP contribution in [0.4, 0.5) is 19.0 Å². The van der Waals surface area contributed by atoms with Gasteiger partial charge in [-0.2, -0.15) is 0 Å². The van der Waals surface area contributed by atoms with Crippen molar-refractivity contribution in [1.29, 1.82) is 0 Å².